The van der Waals surface area contributed by atoms with Gasteiger partial charge in [-0.2, -0.15) is 0 Å². The molecule has 0 radical (unpaired) electrons. The number of hydrogen-bond acceptors (Lipinski definition) is 7. The number of benzene rings is 3. The second-order valence-corrected chi connectivity index (χ2v) is 14.4. The van der Waals surface area contributed by atoms with Crippen molar-refractivity contribution in [3.8, 4) is 11.5 Å². The van der Waals surface area contributed by atoms with E-state index in [0.29, 0.717) is 0 Å². The second kappa shape index (κ2) is 12.8. The molecule has 2 aliphatic heterocycles. The van der Waals surface area contributed by atoms with E-state index in [4.69, 9.17) is 27.9 Å². The van der Waals surface area contributed by atoms with Crippen molar-refractivity contribution in [3.05, 3.63) is 100 Å². The monoisotopic (exact) mass is 778 g/mol. The molecule has 7 rings (SSSR count). The fraction of sp³-hybridized carbons (Fsp3) is 0.306. The molecule has 0 unspecified atom stereocenters. The lowest BCUT2D eigenvalue weighted by atomic mass is 9.56. The number of carbonyl (C=O) groups excluding carboxylic acids is 4. The number of ether oxygens (including phenoxy) is 1. The van der Waals surface area contributed by atoms with Crippen LogP contribution < -0.4 is 9.64 Å². The third kappa shape index (κ3) is 5.22. The van der Waals surface area contributed by atoms with Crippen molar-refractivity contribution >= 4 is 58.5 Å². The van der Waals surface area contributed by atoms with Gasteiger partial charge < -0.3 is 14.9 Å². The van der Waals surface area contributed by atoms with Gasteiger partial charge in [-0.25, -0.2) is 26.9 Å². The summed E-state index contributed by atoms with van der Waals surface area (Å²) in [4.78, 5) is 62.0. The number of aromatic hydroxyl groups is 1. The average molecular weight is 779 g/mol. The van der Waals surface area contributed by atoms with Crippen molar-refractivity contribution in [1.29, 1.82) is 0 Å². The van der Waals surface area contributed by atoms with Gasteiger partial charge in [-0.05, 0) is 30.4 Å². The van der Waals surface area contributed by atoms with Crippen LogP contribution in [0.1, 0.15) is 36.3 Å². The number of likely N-dealkylation sites (tertiary alicyclic amines) is 1. The van der Waals surface area contributed by atoms with Crippen LogP contribution in [0.2, 0.25) is 0 Å². The van der Waals surface area contributed by atoms with E-state index in [1.807, 2.05) is 0 Å². The standard InChI is InChI=1S/C36H25Cl2F5N2O8/c37-35-13-20-17(8-9-19-23(20)32(50)44(31(19)49)11-10-22(47)48)24(18-7-6-16(12-21(18)46)53-14-15-4-2-1-3-5-15)36(35,38)34(52)45(33(35)51)30-28(42)26(40)25(39)27(41)29(30)43/h1-8,12,19-20,23-24,46H,9-11,13-14H2,(H,47,48)/t19-,20+,23-,24+,35+,36-/m0/s1. The van der Waals surface area contributed by atoms with Crippen molar-refractivity contribution in [2.75, 3.05) is 11.4 Å². The van der Waals surface area contributed by atoms with E-state index in [1.165, 1.54) is 18.2 Å². The highest BCUT2D eigenvalue weighted by atomic mass is 35.5. The summed E-state index contributed by atoms with van der Waals surface area (Å²) in [7, 11) is 0. The molecule has 2 saturated heterocycles. The van der Waals surface area contributed by atoms with Gasteiger partial charge in [-0.15, -0.1) is 23.2 Å². The maximum Gasteiger partial charge on any atom is 0.305 e. The number of carboxylic acid groups (broad SMARTS) is 1. The Hall–Kier alpha value is -5.02. The second-order valence-electron chi connectivity index (χ2n) is 13.2. The van der Waals surface area contributed by atoms with Crippen LogP contribution in [0.15, 0.2) is 60.2 Å². The number of carbonyl (C=O) groups is 5. The van der Waals surface area contributed by atoms with E-state index >= 15 is 8.78 Å². The Bertz CT molecular complexity index is 2140. The third-order valence-corrected chi connectivity index (χ3v) is 11.8. The smallest absolute Gasteiger partial charge is 0.305 e. The van der Waals surface area contributed by atoms with Crippen LogP contribution in [-0.4, -0.2) is 61.0 Å². The highest BCUT2D eigenvalue weighted by molar-refractivity contribution is 6.58. The normalized spacial score (nSPS) is 27.8. The molecule has 276 valence electrons. The molecule has 0 aromatic heterocycles. The molecular formula is C36H25Cl2F5N2O8. The van der Waals surface area contributed by atoms with E-state index in [9.17, 15) is 47.4 Å². The fourth-order valence-corrected chi connectivity index (χ4v) is 8.93. The zero-order chi connectivity index (χ0) is 38.3. The number of phenolic OH excluding ortho intramolecular Hbond substituents is 1. The van der Waals surface area contributed by atoms with E-state index < -0.39 is 123 Å². The number of halogens is 7. The summed E-state index contributed by atoms with van der Waals surface area (Å²) in [6.45, 7) is -0.407. The van der Waals surface area contributed by atoms with Gasteiger partial charge in [0.25, 0.3) is 11.8 Å². The molecule has 2 N–H and O–H groups in total. The molecule has 4 amide bonds. The van der Waals surface area contributed by atoms with Crippen LogP contribution in [0.4, 0.5) is 27.6 Å². The Morgan fingerprint density at radius 2 is 1.51 bits per heavy atom. The molecule has 3 aromatic carbocycles. The molecule has 53 heavy (non-hydrogen) atoms. The van der Waals surface area contributed by atoms with Crippen molar-refractivity contribution in [3.63, 3.8) is 0 Å². The molecule has 2 heterocycles. The topological polar surface area (TPSA) is 142 Å². The summed E-state index contributed by atoms with van der Waals surface area (Å²) >= 11 is 14.2. The summed E-state index contributed by atoms with van der Waals surface area (Å²) < 4.78 is 79.2. The van der Waals surface area contributed by atoms with Crippen LogP contribution >= 0.6 is 23.2 Å². The number of fused-ring (bicyclic) bond motifs is 4. The molecule has 1 saturated carbocycles. The molecule has 2 aliphatic carbocycles. The molecule has 10 nitrogen and oxygen atoms in total. The summed E-state index contributed by atoms with van der Waals surface area (Å²) in [5.41, 5.74) is -1.23. The largest absolute Gasteiger partial charge is 0.508 e. The predicted octanol–water partition coefficient (Wildman–Crippen LogP) is 5.70. The van der Waals surface area contributed by atoms with E-state index in [2.05, 4.69) is 0 Å². The molecule has 4 aliphatic rings. The number of phenols is 1. The Morgan fingerprint density at radius 3 is 2.13 bits per heavy atom. The number of aliphatic carboxylic acids is 1. The maximum absolute atomic E-state index is 15.2. The quantitative estimate of drug-likeness (QED) is 0.0741. The molecule has 6 atom stereocenters. The number of allylic oxidation sites excluding steroid dienone is 2. The van der Waals surface area contributed by atoms with Gasteiger partial charge in [-0.1, -0.05) is 48.0 Å². The predicted molar refractivity (Wildman–Crippen MR) is 174 cm³/mol. The average Bonchev–Trinajstić information content (AvgIpc) is 3.46. The Kier molecular flexibility index (Phi) is 8.80. The lowest BCUT2D eigenvalue weighted by molar-refractivity contribution is -0.142. The Labute approximate surface area is 306 Å². The highest BCUT2D eigenvalue weighted by Crippen LogP contribution is 2.66. The van der Waals surface area contributed by atoms with E-state index in [-0.39, 0.29) is 34.8 Å². The number of amides is 4. The van der Waals surface area contributed by atoms with Crippen LogP contribution in [0.3, 0.4) is 0 Å². The van der Waals surface area contributed by atoms with Crippen molar-refractivity contribution < 1.29 is 60.9 Å². The number of nitrogens with zero attached hydrogens (tertiary/aromatic N) is 2. The van der Waals surface area contributed by atoms with Crippen LogP contribution in [0, 0.1) is 46.8 Å². The third-order valence-electron chi connectivity index (χ3n) is 10.4. The van der Waals surface area contributed by atoms with Gasteiger partial charge in [-0.3, -0.25) is 28.9 Å². The number of rotatable bonds is 8. The highest BCUT2D eigenvalue weighted by Gasteiger charge is 2.77. The minimum Gasteiger partial charge on any atom is -0.508 e. The number of hydrogen-bond donors (Lipinski definition) is 2. The van der Waals surface area contributed by atoms with Crippen LogP contribution in [-0.2, 0) is 30.6 Å². The molecule has 0 bridgehead atoms. The van der Waals surface area contributed by atoms with Gasteiger partial charge in [0.05, 0.1) is 18.3 Å². The van der Waals surface area contributed by atoms with E-state index in [1.54, 1.807) is 30.3 Å². The minimum absolute atomic E-state index is 0.0714. The van der Waals surface area contributed by atoms with Crippen molar-refractivity contribution in [2.24, 2.45) is 17.8 Å². The van der Waals surface area contributed by atoms with Crippen LogP contribution in [0.25, 0.3) is 0 Å². The molecule has 17 heteroatoms. The van der Waals surface area contributed by atoms with Crippen molar-refractivity contribution in [2.45, 2.75) is 41.5 Å². The summed E-state index contributed by atoms with van der Waals surface area (Å²) in [5.74, 6) is -24.5. The first-order valence-corrected chi connectivity index (χ1v) is 16.8. The first-order valence-electron chi connectivity index (χ1n) is 16.1. The number of imide groups is 2. The van der Waals surface area contributed by atoms with E-state index in [0.717, 1.165) is 16.5 Å². The number of carboxylic acids is 1. The summed E-state index contributed by atoms with van der Waals surface area (Å²) in [6.07, 6.45) is -0.0129. The zero-order valence-electron chi connectivity index (χ0n) is 26.9. The first kappa shape index (κ1) is 36.3. The lowest BCUT2D eigenvalue weighted by Gasteiger charge is -2.50. The zero-order valence-corrected chi connectivity index (χ0v) is 28.4. The van der Waals surface area contributed by atoms with Gasteiger partial charge >= 0.3 is 5.97 Å². The van der Waals surface area contributed by atoms with Gasteiger partial charge in [0.1, 0.15) is 23.8 Å². The van der Waals surface area contributed by atoms with Crippen LogP contribution in [0.5, 0.6) is 11.5 Å². The molecular weight excluding hydrogens is 754 g/mol. The molecule has 0 spiro atoms. The minimum atomic E-state index is -2.83. The SMILES string of the molecule is O=C(O)CCN1C(=O)[C@H]2[C@H](CC=C3[C@H]2C[C@@]2(Cl)C(=O)N(c4c(F)c(F)c(F)c(F)c4F)C(=O)[C@@]2(Cl)[C@H]3c2ccc(OCc3ccccc3)cc2O)C1=O. The van der Waals surface area contributed by atoms with Gasteiger partial charge in [0.15, 0.2) is 33.0 Å². The lowest BCUT2D eigenvalue weighted by Crippen LogP contribution is -2.60. The number of anilines is 1. The van der Waals surface area contributed by atoms with Gasteiger partial charge in [0, 0.05) is 24.1 Å². The molecule has 3 aromatic rings. The molecule has 3 fully saturated rings. The van der Waals surface area contributed by atoms with Gasteiger partial charge in [0.2, 0.25) is 17.6 Å². The Balaban J connectivity index is 1.38. The fourth-order valence-electron chi connectivity index (χ4n) is 8.00. The maximum atomic E-state index is 15.2. The van der Waals surface area contributed by atoms with Crippen molar-refractivity contribution in [1.82, 2.24) is 4.90 Å². The summed E-state index contributed by atoms with van der Waals surface area (Å²) in [5, 5.41) is 20.7. The first-order chi connectivity index (χ1) is 25.0. The number of alkyl halides is 2. The Morgan fingerprint density at radius 1 is 0.868 bits per heavy atom. The summed E-state index contributed by atoms with van der Waals surface area (Å²) in [6, 6.07) is 12.7.